The highest BCUT2D eigenvalue weighted by atomic mass is 127. The Morgan fingerprint density at radius 3 is 2.22 bits per heavy atom. The normalized spacial score (nSPS) is 10.4. The number of nitrogens with one attached hydrogen (secondary N) is 1. The van der Waals surface area contributed by atoms with Gasteiger partial charge in [-0.25, -0.2) is 0 Å². The second kappa shape index (κ2) is 5.74. The number of aryl methyl sites for hydroxylation is 3. The first kappa shape index (κ1) is 13.4. The summed E-state index contributed by atoms with van der Waals surface area (Å²) in [6, 6.07) is 12.9. The molecule has 0 heterocycles. The fourth-order valence-electron chi connectivity index (χ4n) is 2.28. The maximum atomic E-state index is 3.52. The smallest absolute Gasteiger partial charge is 0.0478 e. The van der Waals surface area contributed by atoms with Gasteiger partial charge in [-0.1, -0.05) is 29.8 Å². The molecule has 1 N–H and O–H groups in total. The first-order valence-corrected chi connectivity index (χ1v) is 7.21. The molecule has 0 radical (unpaired) electrons. The number of hydrogen-bond acceptors (Lipinski definition) is 1. The molecule has 0 aromatic heterocycles. The van der Waals surface area contributed by atoms with Crippen LogP contribution in [-0.4, -0.2) is 0 Å². The van der Waals surface area contributed by atoms with Crippen LogP contribution < -0.4 is 5.32 Å². The van der Waals surface area contributed by atoms with Gasteiger partial charge in [0.1, 0.15) is 0 Å². The van der Waals surface area contributed by atoms with Gasteiger partial charge < -0.3 is 5.32 Å². The number of para-hydroxylation sites is 1. The molecule has 0 unspecified atom stereocenters. The van der Waals surface area contributed by atoms with Crippen LogP contribution in [0, 0.1) is 24.3 Å². The zero-order chi connectivity index (χ0) is 13.1. The van der Waals surface area contributed by atoms with Gasteiger partial charge in [0, 0.05) is 15.8 Å². The molecule has 1 nitrogen and oxygen atoms in total. The van der Waals surface area contributed by atoms with Crippen molar-refractivity contribution in [2.24, 2.45) is 0 Å². The first-order chi connectivity index (χ1) is 8.58. The molecule has 0 saturated carbocycles. The number of halogens is 1. The lowest BCUT2D eigenvalue weighted by Crippen LogP contribution is -2.05. The fourth-order valence-corrected chi connectivity index (χ4v) is 2.86. The number of benzene rings is 2. The Hall–Kier alpha value is -1.03. The second-order valence-electron chi connectivity index (χ2n) is 4.71. The van der Waals surface area contributed by atoms with Crippen LogP contribution in [0.4, 0.5) is 5.69 Å². The maximum absolute atomic E-state index is 3.52. The molecule has 0 atom stereocenters. The molecule has 0 aliphatic heterocycles. The molecule has 2 aromatic carbocycles. The van der Waals surface area contributed by atoms with E-state index in [9.17, 15) is 0 Å². The predicted molar refractivity (Wildman–Crippen MR) is 87.1 cm³/mol. The van der Waals surface area contributed by atoms with E-state index in [4.69, 9.17) is 0 Å². The van der Waals surface area contributed by atoms with Crippen molar-refractivity contribution >= 4 is 28.3 Å². The van der Waals surface area contributed by atoms with Gasteiger partial charge in [-0.3, -0.25) is 0 Å². The third-order valence-corrected chi connectivity index (χ3v) is 4.11. The zero-order valence-corrected chi connectivity index (χ0v) is 13.2. The van der Waals surface area contributed by atoms with E-state index < -0.39 is 0 Å². The van der Waals surface area contributed by atoms with E-state index >= 15 is 0 Å². The molecule has 2 aromatic rings. The molecule has 94 valence electrons. The Morgan fingerprint density at radius 1 is 1.00 bits per heavy atom. The average Bonchev–Trinajstić information content (AvgIpc) is 2.30. The highest BCUT2D eigenvalue weighted by Crippen LogP contribution is 2.21. The summed E-state index contributed by atoms with van der Waals surface area (Å²) < 4.78 is 1.26. The highest BCUT2D eigenvalue weighted by Gasteiger charge is 2.04. The maximum Gasteiger partial charge on any atom is 0.0478 e. The molecule has 0 saturated heterocycles. The van der Waals surface area contributed by atoms with Crippen molar-refractivity contribution in [3.63, 3.8) is 0 Å². The van der Waals surface area contributed by atoms with Gasteiger partial charge in [0.15, 0.2) is 0 Å². The molecule has 2 rings (SSSR count). The van der Waals surface area contributed by atoms with E-state index in [0.29, 0.717) is 0 Å². The first-order valence-electron chi connectivity index (χ1n) is 6.13. The van der Waals surface area contributed by atoms with Crippen molar-refractivity contribution in [1.82, 2.24) is 0 Å². The minimum absolute atomic E-state index is 0.887. The van der Waals surface area contributed by atoms with Gasteiger partial charge in [0.25, 0.3) is 0 Å². The van der Waals surface area contributed by atoms with Crippen LogP contribution in [0.3, 0.4) is 0 Å². The van der Waals surface area contributed by atoms with E-state index in [1.165, 1.54) is 31.5 Å². The fraction of sp³-hybridized carbons (Fsp3) is 0.250. The van der Waals surface area contributed by atoms with Crippen LogP contribution in [0.2, 0.25) is 0 Å². The number of hydrogen-bond donors (Lipinski definition) is 1. The van der Waals surface area contributed by atoms with E-state index in [0.717, 1.165) is 6.54 Å². The molecule has 2 heteroatoms. The minimum atomic E-state index is 0.887. The molecular weight excluding hydrogens is 333 g/mol. The molecule has 0 aliphatic carbocycles. The second-order valence-corrected chi connectivity index (χ2v) is 5.87. The van der Waals surface area contributed by atoms with E-state index in [1.54, 1.807) is 0 Å². The number of anilines is 1. The summed E-state index contributed by atoms with van der Waals surface area (Å²) >= 11 is 2.36. The monoisotopic (exact) mass is 351 g/mol. The summed E-state index contributed by atoms with van der Waals surface area (Å²) in [5, 5.41) is 3.52. The van der Waals surface area contributed by atoms with Gasteiger partial charge in [-0.05, 0) is 72.2 Å². The van der Waals surface area contributed by atoms with Crippen LogP contribution in [-0.2, 0) is 6.54 Å². The summed E-state index contributed by atoms with van der Waals surface area (Å²) in [5.74, 6) is 0. The van der Waals surface area contributed by atoms with Gasteiger partial charge in [-0.2, -0.15) is 0 Å². The lowest BCUT2D eigenvalue weighted by molar-refractivity contribution is 1.08. The summed E-state index contributed by atoms with van der Waals surface area (Å²) in [7, 11) is 0. The standard InChI is InChI=1S/C16H18IN/c1-11-8-12(2)14(13(3)9-11)10-18-16-7-5-4-6-15(16)17/h4-9,18H,10H2,1-3H3. The minimum Gasteiger partial charge on any atom is -0.380 e. The van der Waals surface area contributed by atoms with E-state index in [-0.39, 0.29) is 0 Å². The molecule has 0 amide bonds. The van der Waals surface area contributed by atoms with Crippen LogP contribution in [0.15, 0.2) is 36.4 Å². The van der Waals surface area contributed by atoms with Gasteiger partial charge in [-0.15, -0.1) is 0 Å². The topological polar surface area (TPSA) is 12.0 Å². The van der Waals surface area contributed by atoms with Crippen molar-refractivity contribution in [3.05, 3.63) is 62.2 Å². The van der Waals surface area contributed by atoms with Gasteiger partial charge in [0.2, 0.25) is 0 Å². The van der Waals surface area contributed by atoms with Crippen LogP contribution in [0.1, 0.15) is 22.3 Å². The molecule has 0 fully saturated rings. The summed E-state index contributed by atoms with van der Waals surface area (Å²) in [6.45, 7) is 7.41. The third kappa shape index (κ3) is 3.05. The van der Waals surface area contributed by atoms with Crippen molar-refractivity contribution in [3.8, 4) is 0 Å². The third-order valence-electron chi connectivity index (χ3n) is 3.17. The van der Waals surface area contributed by atoms with Gasteiger partial charge in [0.05, 0.1) is 0 Å². The van der Waals surface area contributed by atoms with Crippen molar-refractivity contribution in [2.45, 2.75) is 27.3 Å². The van der Waals surface area contributed by atoms with Crippen molar-refractivity contribution in [2.75, 3.05) is 5.32 Å². The lowest BCUT2D eigenvalue weighted by Gasteiger charge is -2.14. The molecular formula is C16H18IN. The molecule has 0 aliphatic rings. The molecule has 18 heavy (non-hydrogen) atoms. The quantitative estimate of drug-likeness (QED) is 0.781. The van der Waals surface area contributed by atoms with Crippen LogP contribution >= 0.6 is 22.6 Å². The lowest BCUT2D eigenvalue weighted by atomic mass is 10.00. The summed E-state index contributed by atoms with van der Waals surface area (Å²) in [4.78, 5) is 0. The van der Waals surface area contributed by atoms with Gasteiger partial charge >= 0.3 is 0 Å². The average molecular weight is 351 g/mol. The van der Waals surface area contributed by atoms with E-state index in [2.05, 4.69) is 85.1 Å². The Balaban J connectivity index is 2.19. The Morgan fingerprint density at radius 2 is 1.61 bits per heavy atom. The summed E-state index contributed by atoms with van der Waals surface area (Å²) in [6.07, 6.45) is 0. The Bertz CT molecular complexity index is 538. The molecule has 0 spiro atoms. The van der Waals surface area contributed by atoms with E-state index in [1.807, 2.05) is 0 Å². The Kier molecular flexibility index (Phi) is 4.27. The number of rotatable bonds is 3. The van der Waals surface area contributed by atoms with Crippen molar-refractivity contribution in [1.29, 1.82) is 0 Å². The highest BCUT2D eigenvalue weighted by molar-refractivity contribution is 14.1. The predicted octanol–water partition coefficient (Wildman–Crippen LogP) is 4.83. The van der Waals surface area contributed by atoms with Crippen LogP contribution in [0.5, 0.6) is 0 Å². The van der Waals surface area contributed by atoms with Crippen molar-refractivity contribution < 1.29 is 0 Å². The van der Waals surface area contributed by atoms with Crippen LogP contribution in [0.25, 0.3) is 0 Å². The summed E-state index contributed by atoms with van der Waals surface area (Å²) in [5.41, 5.74) is 6.68. The Labute approximate surface area is 123 Å². The largest absolute Gasteiger partial charge is 0.380 e. The SMILES string of the molecule is Cc1cc(C)c(CNc2ccccc2I)c(C)c1. The molecule has 0 bridgehead atoms. The zero-order valence-electron chi connectivity index (χ0n) is 11.0.